The van der Waals surface area contributed by atoms with Crippen LogP contribution in [0.15, 0.2) is 0 Å². The second kappa shape index (κ2) is 16.6. The van der Waals surface area contributed by atoms with Crippen molar-refractivity contribution in [3.8, 4) is 0 Å². The zero-order valence-corrected chi connectivity index (χ0v) is 24.4. The van der Waals surface area contributed by atoms with Crippen LogP contribution in [-0.2, 0) is 32.7 Å². The van der Waals surface area contributed by atoms with Crippen LogP contribution in [0.5, 0.6) is 0 Å². The first-order chi connectivity index (χ1) is 17.8. The quantitative estimate of drug-likeness (QED) is 0.237. The van der Waals surface area contributed by atoms with E-state index in [1.54, 1.807) is 20.8 Å². The largest absolute Gasteiger partial charge is 0.698 e. The Bertz CT molecular complexity index is 818. The average molecular weight is 563 g/mol. The lowest BCUT2D eigenvalue weighted by atomic mass is 10.1. The van der Waals surface area contributed by atoms with Crippen molar-refractivity contribution < 1.29 is 42.6 Å². The topological polar surface area (TPSA) is 161 Å². The molecule has 0 aromatic carbocycles. The van der Waals surface area contributed by atoms with Gasteiger partial charge in [0.2, 0.25) is 5.91 Å². The van der Waals surface area contributed by atoms with Gasteiger partial charge in [-0.3, -0.25) is 9.59 Å². The van der Waals surface area contributed by atoms with Crippen LogP contribution < -0.4 is 10.6 Å². The van der Waals surface area contributed by atoms with E-state index in [2.05, 4.69) is 10.6 Å². The lowest BCUT2D eigenvalue weighted by molar-refractivity contribution is -0.151. The van der Waals surface area contributed by atoms with Crippen molar-refractivity contribution in [3.05, 3.63) is 0 Å². The van der Waals surface area contributed by atoms with Gasteiger partial charge in [0, 0.05) is 11.1 Å². The Hall–Kier alpha value is -2.30. The Morgan fingerprint density at radius 3 is 2.29 bits per heavy atom. The van der Waals surface area contributed by atoms with Crippen molar-refractivity contribution >= 4 is 32.1 Å². The highest BCUT2D eigenvalue weighted by Gasteiger charge is 2.40. The number of ether oxygens (including phenoxy) is 1. The highest BCUT2D eigenvalue weighted by atomic mass is 31.1. The standard InChI is InChI=1S/C25H44N3O9P/c1-7-9-12-18(26-21(29)19(13-10-8-2)27-24(33)36-25(4,5)6)16-35-38(34)37-17(3)22(30)28-15-11-14-20(28)23(31)32/h17-20H,7-16H2,1-6H3,(H2-,26,27,29,31,32,33)/p+1/t17-,18?,19-,20-/m0/s1. The summed E-state index contributed by atoms with van der Waals surface area (Å²) in [6.45, 7) is 10.7. The zero-order chi connectivity index (χ0) is 28.9. The van der Waals surface area contributed by atoms with E-state index < -0.39 is 62.0 Å². The van der Waals surface area contributed by atoms with Gasteiger partial charge in [-0.15, -0.1) is 9.05 Å². The Morgan fingerprint density at radius 1 is 1.08 bits per heavy atom. The molecule has 0 spiro atoms. The maximum atomic E-state index is 13.0. The summed E-state index contributed by atoms with van der Waals surface area (Å²) in [5, 5.41) is 14.8. The number of carbonyl (C=O) groups is 4. The molecule has 5 atom stereocenters. The number of amides is 3. The number of hydrogen-bond acceptors (Lipinski definition) is 8. The van der Waals surface area contributed by atoms with Crippen molar-refractivity contribution in [2.24, 2.45) is 0 Å². The predicted molar refractivity (Wildman–Crippen MR) is 141 cm³/mol. The highest BCUT2D eigenvalue weighted by molar-refractivity contribution is 7.33. The van der Waals surface area contributed by atoms with E-state index in [1.165, 1.54) is 11.8 Å². The maximum absolute atomic E-state index is 13.0. The molecule has 1 saturated heterocycles. The second-order valence-corrected chi connectivity index (χ2v) is 11.4. The van der Waals surface area contributed by atoms with Crippen molar-refractivity contribution in [2.75, 3.05) is 13.2 Å². The van der Waals surface area contributed by atoms with Crippen molar-refractivity contribution in [1.29, 1.82) is 0 Å². The van der Waals surface area contributed by atoms with Crippen LogP contribution in [0, 0.1) is 0 Å². The van der Waals surface area contributed by atoms with E-state index in [0.29, 0.717) is 32.2 Å². The Morgan fingerprint density at radius 2 is 1.71 bits per heavy atom. The van der Waals surface area contributed by atoms with E-state index in [9.17, 15) is 28.8 Å². The normalized spacial score (nSPS) is 18.3. The SMILES string of the molecule is CCCCC(CO[P+](=O)O[C@@H](C)C(=O)N1CCC[C@H]1C(=O)O)NC(=O)[C@H](CCCC)NC(=O)OC(C)(C)C. The lowest BCUT2D eigenvalue weighted by Crippen LogP contribution is -2.51. The summed E-state index contributed by atoms with van der Waals surface area (Å²) in [5.41, 5.74) is -0.708. The summed E-state index contributed by atoms with van der Waals surface area (Å²) in [6.07, 6.45) is 3.23. The van der Waals surface area contributed by atoms with Crippen LogP contribution in [0.4, 0.5) is 4.79 Å². The number of carbonyl (C=O) groups excluding carboxylic acids is 3. The summed E-state index contributed by atoms with van der Waals surface area (Å²) < 4.78 is 28.3. The lowest BCUT2D eigenvalue weighted by Gasteiger charge is -2.25. The van der Waals surface area contributed by atoms with Crippen LogP contribution in [0.25, 0.3) is 0 Å². The van der Waals surface area contributed by atoms with E-state index in [1.807, 2.05) is 13.8 Å². The number of nitrogens with zero attached hydrogens (tertiary/aromatic N) is 1. The number of nitrogens with one attached hydrogen (secondary N) is 2. The fourth-order valence-electron chi connectivity index (χ4n) is 3.95. The van der Waals surface area contributed by atoms with Gasteiger partial charge in [-0.25, -0.2) is 9.59 Å². The van der Waals surface area contributed by atoms with Crippen molar-refractivity contribution in [3.63, 3.8) is 0 Å². The molecule has 0 radical (unpaired) electrons. The molecule has 38 heavy (non-hydrogen) atoms. The van der Waals surface area contributed by atoms with Crippen LogP contribution >= 0.6 is 8.25 Å². The summed E-state index contributed by atoms with van der Waals surface area (Å²) in [6, 6.07) is -2.23. The Balaban J connectivity index is 2.72. The number of carboxylic acids is 1. The minimum atomic E-state index is -2.71. The third-order valence-corrected chi connectivity index (χ3v) is 6.75. The molecule has 218 valence electrons. The third-order valence-electron chi connectivity index (χ3n) is 5.90. The van der Waals surface area contributed by atoms with E-state index in [4.69, 9.17) is 13.8 Å². The van der Waals surface area contributed by atoms with Gasteiger partial charge in [0.25, 0.3) is 5.91 Å². The van der Waals surface area contributed by atoms with Gasteiger partial charge in [-0.05, 0) is 53.4 Å². The molecule has 1 rings (SSSR count). The molecule has 0 bridgehead atoms. The average Bonchev–Trinajstić information content (AvgIpc) is 3.32. The molecule has 1 fully saturated rings. The molecule has 2 unspecified atom stereocenters. The van der Waals surface area contributed by atoms with Crippen molar-refractivity contribution in [1.82, 2.24) is 15.5 Å². The van der Waals surface area contributed by atoms with Crippen molar-refractivity contribution in [2.45, 2.75) is 123 Å². The fraction of sp³-hybridized carbons (Fsp3) is 0.840. The first-order valence-corrected chi connectivity index (χ1v) is 14.5. The molecule has 0 aromatic rings. The third kappa shape index (κ3) is 12.5. The number of rotatable bonds is 16. The minimum absolute atomic E-state index is 0.129. The molecule has 1 aliphatic heterocycles. The number of likely N-dealkylation sites (tertiary alicyclic amines) is 1. The van der Waals surface area contributed by atoms with Gasteiger partial charge < -0.3 is 25.4 Å². The second-order valence-electron chi connectivity index (χ2n) is 10.5. The molecule has 3 amide bonds. The molecule has 3 N–H and O–H groups in total. The predicted octanol–water partition coefficient (Wildman–Crippen LogP) is 3.90. The van der Waals surface area contributed by atoms with Crippen LogP contribution in [0.1, 0.15) is 92.9 Å². The molecule has 0 aliphatic carbocycles. The summed E-state index contributed by atoms with van der Waals surface area (Å²) in [7, 11) is -2.71. The van der Waals surface area contributed by atoms with Gasteiger partial charge >= 0.3 is 20.3 Å². The number of hydrogen-bond donors (Lipinski definition) is 3. The number of unbranched alkanes of at least 4 members (excludes halogenated alkanes) is 2. The summed E-state index contributed by atoms with van der Waals surface area (Å²) >= 11 is 0. The van der Waals surface area contributed by atoms with Crippen LogP contribution in [0.2, 0.25) is 0 Å². The maximum Gasteiger partial charge on any atom is 0.698 e. The molecule has 12 nitrogen and oxygen atoms in total. The number of carboxylic acid groups (broad SMARTS) is 1. The Labute approximate surface area is 226 Å². The van der Waals surface area contributed by atoms with Crippen LogP contribution in [0.3, 0.4) is 0 Å². The number of alkyl carbamates (subject to hydrolysis) is 1. The molecule has 1 heterocycles. The number of aliphatic carboxylic acids is 1. The summed E-state index contributed by atoms with van der Waals surface area (Å²) in [4.78, 5) is 50.5. The molecule has 0 saturated carbocycles. The zero-order valence-electron chi connectivity index (χ0n) is 23.5. The van der Waals surface area contributed by atoms with Gasteiger partial charge in [0.15, 0.2) is 6.10 Å². The van der Waals surface area contributed by atoms with Gasteiger partial charge in [0.1, 0.15) is 24.3 Å². The minimum Gasteiger partial charge on any atom is -0.480 e. The van der Waals surface area contributed by atoms with Crippen LogP contribution in [-0.4, -0.2) is 76.9 Å². The van der Waals surface area contributed by atoms with Gasteiger partial charge in [0.05, 0.1) is 6.04 Å². The smallest absolute Gasteiger partial charge is 0.480 e. The van der Waals surface area contributed by atoms with E-state index in [0.717, 1.165) is 25.7 Å². The molecule has 0 aromatic heterocycles. The van der Waals surface area contributed by atoms with E-state index in [-0.39, 0.29) is 6.61 Å². The molecule has 1 aliphatic rings. The molecular formula is C25H45N3O9P+. The monoisotopic (exact) mass is 562 g/mol. The highest BCUT2D eigenvalue weighted by Crippen LogP contribution is 2.29. The van der Waals surface area contributed by atoms with Gasteiger partial charge in [-0.1, -0.05) is 39.5 Å². The van der Waals surface area contributed by atoms with Gasteiger partial charge in [-0.2, -0.15) is 0 Å². The summed E-state index contributed by atoms with van der Waals surface area (Å²) in [5.74, 6) is -2.05. The first-order valence-electron chi connectivity index (χ1n) is 13.4. The molecule has 13 heteroatoms. The first kappa shape index (κ1) is 33.7. The Kier molecular flexibility index (Phi) is 14.7. The molecular weight excluding hydrogens is 517 g/mol. The van der Waals surface area contributed by atoms with E-state index >= 15 is 0 Å². The fourth-order valence-corrected chi connectivity index (χ4v) is 4.66.